The smallest absolute Gasteiger partial charge is 0.326 e. The summed E-state index contributed by atoms with van der Waals surface area (Å²) in [6.07, 6.45) is -0.699. The van der Waals surface area contributed by atoms with E-state index in [9.17, 15) is 19.8 Å². The Kier molecular flexibility index (Phi) is 4.05. The molecule has 1 aliphatic heterocycles. The zero-order chi connectivity index (χ0) is 15.8. The molecule has 1 saturated heterocycles. The number of β-amino-alcohol motifs (C(OH)–C–C–N with tert-alkyl or cyclic N) is 1. The Labute approximate surface area is 124 Å². The van der Waals surface area contributed by atoms with Gasteiger partial charge in [-0.3, -0.25) is 4.79 Å². The van der Waals surface area contributed by atoms with Crippen LogP contribution in [-0.4, -0.2) is 45.7 Å². The molecule has 0 spiro atoms. The second kappa shape index (κ2) is 5.48. The lowest BCUT2D eigenvalue weighted by molar-refractivity contribution is -0.141. The van der Waals surface area contributed by atoms with Crippen molar-refractivity contribution in [2.45, 2.75) is 44.8 Å². The van der Waals surface area contributed by atoms with Crippen LogP contribution in [0.5, 0.6) is 0 Å². The minimum atomic E-state index is -1.08. The van der Waals surface area contributed by atoms with E-state index in [4.69, 9.17) is 0 Å². The number of carboxylic acids is 1. The Morgan fingerprint density at radius 1 is 1.24 bits per heavy atom. The van der Waals surface area contributed by atoms with Crippen LogP contribution in [0.3, 0.4) is 0 Å². The Balaban J connectivity index is 2.39. The quantitative estimate of drug-likeness (QED) is 0.868. The molecule has 0 aromatic heterocycles. The van der Waals surface area contributed by atoms with Crippen LogP contribution in [0.1, 0.15) is 43.1 Å². The second-order valence-corrected chi connectivity index (χ2v) is 6.50. The molecule has 1 aromatic carbocycles. The van der Waals surface area contributed by atoms with E-state index in [-0.39, 0.29) is 24.3 Å². The standard InChI is InChI=1S/C16H21NO4/c1-16(2,3)12-7-5-4-6-11(12)14(19)17-9-10(18)8-13(17)15(20)21/h4-7,10,13,18H,8-9H2,1-3H3,(H,20,21)/t10-,13-/m0/s1. The fraction of sp³-hybridized carbons (Fsp3) is 0.500. The third-order valence-corrected chi connectivity index (χ3v) is 3.79. The monoisotopic (exact) mass is 291 g/mol. The number of carbonyl (C=O) groups is 2. The molecule has 1 fully saturated rings. The molecule has 1 amide bonds. The van der Waals surface area contributed by atoms with E-state index >= 15 is 0 Å². The predicted molar refractivity (Wildman–Crippen MR) is 78.2 cm³/mol. The highest BCUT2D eigenvalue weighted by Crippen LogP contribution is 2.29. The van der Waals surface area contributed by atoms with E-state index in [1.807, 2.05) is 32.9 Å². The average molecular weight is 291 g/mol. The number of hydrogen-bond donors (Lipinski definition) is 2. The number of aliphatic hydroxyl groups excluding tert-OH is 1. The molecular weight excluding hydrogens is 270 g/mol. The summed E-state index contributed by atoms with van der Waals surface area (Å²) in [5, 5.41) is 18.9. The summed E-state index contributed by atoms with van der Waals surface area (Å²) in [6.45, 7) is 6.08. The van der Waals surface area contributed by atoms with Crippen molar-refractivity contribution in [3.63, 3.8) is 0 Å². The SMILES string of the molecule is CC(C)(C)c1ccccc1C(=O)N1C[C@@H](O)C[C@H]1C(=O)O. The van der Waals surface area contributed by atoms with Gasteiger partial charge < -0.3 is 15.1 Å². The van der Waals surface area contributed by atoms with Gasteiger partial charge in [-0.25, -0.2) is 4.79 Å². The van der Waals surface area contributed by atoms with Gasteiger partial charge in [-0.2, -0.15) is 0 Å². The lowest BCUT2D eigenvalue weighted by atomic mass is 9.83. The summed E-state index contributed by atoms with van der Waals surface area (Å²) in [7, 11) is 0. The third-order valence-electron chi connectivity index (χ3n) is 3.79. The van der Waals surface area contributed by atoms with Crippen LogP contribution in [0.2, 0.25) is 0 Å². The van der Waals surface area contributed by atoms with Crippen molar-refractivity contribution in [1.29, 1.82) is 0 Å². The predicted octanol–water partition coefficient (Wildman–Crippen LogP) is 1.64. The molecule has 1 aromatic rings. The normalized spacial score (nSPS) is 22.4. The molecule has 0 radical (unpaired) electrons. The number of benzene rings is 1. The van der Waals surface area contributed by atoms with E-state index in [2.05, 4.69) is 0 Å². The molecule has 2 atom stereocenters. The molecule has 5 heteroatoms. The summed E-state index contributed by atoms with van der Waals surface area (Å²) in [6, 6.07) is 6.28. The van der Waals surface area contributed by atoms with E-state index < -0.39 is 18.1 Å². The van der Waals surface area contributed by atoms with Crippen LogP contribution in [0.4, 0.5) is 0 Å². The van der Waals surface area contributed by atoms with Gasteiger partial charge in [-0.15, -0.1) is 0 Å². The maximum absolute atomic E-state index is 12.7. The molecule has 0 aliphatic carbocycles. The highest BCUT2D eigenvalue weighted by Gasteiger charge is 2.40. The molecule has 114 valence electrons. The van der Waals surface area contributed by atoms with Gasteiger partial charge in [0, 0.05) is 18.5 Å². The summed E-state index contributed by atoms with van der Waals surface area (Å²) in [5.74, 6) is -1.40. The van der Waals surface area contributed by atoms with Crippen molar-refractivity contribution in [2.75, 3.05) is 6.54 Å². The van der Waals surface area contributed by atoms with Gasteiger partial charge >= 0.3 is 5.97 Å². The Bertz CT molecular complexity index is 562. The second-order valence-electron chi connectivity index (χ2n) is 6.50. The van der Waals surface area contributed by atoms with E-state index in [0.717, 1.165) is 5.56 Å². The van der Waals surface area contributed by atoms with Crippen LogP contribution in [0.25, 0.3) is 0 Å². The van der Waals surface area contributed by atoms with Crippen LogP contribution in [0.15, 0.2) is 24.3 Å². The molecule has 1 aliphatic rings. The van der Waals surface area contributed by atoms with Gasteiger partial charge in [0.2, 0.25) is 0 Å². The Morgan fingerprint density at radius 3 is 2.43 bits per heavy atom. The Hall–Kier alpha value is -1.88. The molecule has 0 unspecified atom stereocenters. The summed E-state index contributed by atoms with van der Waals surface area (Å²) in [5.41, 5.74) is 1.16. The van der Waals surface area contributed by atoms with Gasteiger partial charge in [-0.05, 0) is 17.0 Å². The van der Waals surface area contributed by atoms with Crippen LogP contribution in [0, 0.1) is 0 Å². The number of hydrogen-bond acceptors (Lipinski definition) is 3. The number of carboxylic acid groups (broad SMARTS) is 1. The largest absolute Gasteiger partial charge is 0.480 e. The first-order valence-electron chi connectivity index (χ1n) is 7.03. The number of nitrogens with zero attached hydrogens (tertiary/aromatic N) is 1. The Morgan fingerprint density at radius 2 is 1.86 bits per heavy atom. The maximum atomic E-state index is 12.7. The number of aliphatic hydroxyl groups is 1. The van der Waals surface area contributed by atoms with Crippen molar-refractivity contribution in [1.82, 2.24) is 4.90 Å². The maximum Gasteiger partial charge on any atom is 0.326 e. The van der Waals surface area contributed by atoms with Gasteiger partial charge in [0.25, 0.3) is 5.91 Å². The number of likely N-dealkylation sites (tertiary alicyclic amines) is 1. The first-order chi connectivity index (χ1) is 9.71. The van der Waals surface area contributed by atoms with Crippen molar-refractivity contribution < 1.29 is 19.8 Å². The molecular formula is C16H21NO4. The molecule has 21 heavy (non-hydrogen) atoms. The van der Waals surface area contributed by atoms with Crippen molar-refractivity contribution in [3.8, 4) is 0 Å². The van der Waals surface area contributed by atoms with Crippen molar-refractivity contribution >= 4 is 11.9 Å². The van der Waals surface area contributed by atoms with E-state index in [1.54, 1.807) is 12.1 Å². The lowest BCUT2D eigenvalue weighted by Crippen LogP contribution is -2.41. The van der Waals surface area contributed by atoms with E-state index in [0.29, 0.717) is 5.56 Å². The van der Waals surface area contributed by atoms with Crippen LogP contribution >= 0.6 is 0 Å². The van der Waals surface area contributed by atoms with Crippen LogP contribution < -0.4 is 0 Å². The fourth-order valence-electron chi connectivity index (χ4n) is 2.75. The summed E-state index contributed by atoms with van der Waals surface area (Å²) in [4.78, 5) is 25.3. The fourth-order valence-corrected chi connectivity index (χ4v) is 2.75. The van der Waals surface area contributed by atoms with E-state index in [1.165, 1.54) is 4.90 Å². The van der Waals surface area contributed by atoms with Gasteiger partial charge in [-0.1, -0.05) is 39.0 Å². The highest BCUT2D eigenvalue weighted by molar-refractivity contribution is 5.98. The first kappa shape index (κ1) is 15.5. The minimum Gasteiger partial charge on any atom is -0.480 e. The molecule has 0 saturated carbocycles. The lowest BCUT2D eigenvalue weighted by Gasteiger charge is -2.26. The number of amides is 1. The van der Waals surface area contributed by atoms with Crippen LogP contribution in [-0.2, 0) is 10.2 Å². The zero-order valence-corrected chi connectivity index (χ0v) is 12.5. The zero-order valence-electron chi connectivity index (χ0n) is 12.5. The minimum absolute atomic E-state index is 0.0638. The molecule has 2 N–H and O–H groups in total. The third kappa shape index (κ3) is 3.08. The summed E-state index contributed by atoms with van der Waals surface area (Å²) < 4.78 is 0. The van der Waals surface area contributed by atoms with Crippen molar-refractivity contribution in [3.05, 3.63) is 35.4 Å². The van der Waals surface area contributed by atoms with Gasteiger partial charge in [0.15, 0.2) is 0 Å². The molecule has 1 heterocycles. The highest BCUT2D eigenvalue weighted by atomic mass is 16.4. The average Bonchev–Trinajstić information content (AvgIpc) is 2.79. The number of rotatable bonds is 2. The molecule has 2 rings (SSSR count). The first-order valence-corrected chi connectivity index (χ1v) is 7.03. The van der Waals surface area contributed by atoms with Crippen molar-refractivity contribution in [2.24, 2.45) is 0 Å². The number of aliphatic carboxylic acids is 1. The van der Waals surface area contributed by atoms with Gasteiger partial charge in [0.05, 0.1) is 6.10 Å². The van der Waals surface area contributed by atoms with Gasteiger partial charge in [0.1, 0.15) is 6.04 Å². The molecule has 0 bridgehead atoms. The topological polar surface area (TPSA) is 77.8 Å². The molecule has 5 nitrogen and oxygen atoms in total. The summed E-state index contributed by atoms with van der Waals surface area (Å²) >= 11 is 0. The number of carbonyl (C=O) groups excluding carboxylic acids is 1.